The molecule has 2 aromatic carbocycles. The SMILES string of the molecule is CCOc1ccc(NC(=O)C(=O)Nc2cc3c4c(c2)CCN4C(=O)CC3)cc1. The van der Waals surface area contributed by atoms with Crippen molar-refractivity contribution in [3.63, 3.8) is 0 Å². The topological polar surface area (TPSA) is 87.7 Å². The Labute approximate surface area is 162 Å². The minimum Gasteiger partial charge on any atom is -0.494 e. The van der Waals surface area contributed by atoms with Gasteiger partial charge in [-0.25, -0.2) is 0 Å². The average Bonchev–Trinajstić information content (AvgIpc) is 3.12. The summed E-state index contributed by atoms with van der Waals surface area (Å²) < 4.78 is 5.35. The van der Waals surface area contributed by atoms with Crippen LogP contribution in [0.15, 0.2) is 36.4 Å². The number of nitrogens with one attached hydrogen (secondary N) is 2. The number of ether oxygens (including phenoxy) is 1. The molecule has 0 radical (unpaired) electrons. The van der Waals surface area contributed by atoms with Gasteiger partial charge in [-0.1, -0.05) is 0 Å². The fraction of sp³-hybridized carbons (Fsp3) is 0.286. The van der Waals surface area contributed by atoms with Crippen molar-refractivity contribution in [3.05, 3.63) is 47.5 Å². The summed E-state index contributed by atoms with van der Waals surface area (Å²) in [6.45, 7) is 3.13. The quantitative estimate of drug-likeness (QED) is 0.799. The Kier molecular flexibility index (Phi) is 4.73. The Bertz CT molecular complexity index is 953. The molecular formula is C21H21N3O4. The Morgan fingerprint density at radius 2 is 1.61 bits per heavy atom. The summed E-state index contributed by atoms with van der Waals surface area (Å²) in [5.41, 5.74) is 4.15. The summed E-state index contributed by atoms with van der Waals surface area (Å²) >= 11 is 0. The molecule has 28 heavy (non-hydrogen) atoms. The Morgan fingerprint density at radius 1 is 0.964 bits per heavy atom. The van der Waals surface area contributed by atoms with Gasteiger partial charge in [-0.2, -0.15) is 0 Å². The van der Waals surface area contributed by atoms with Crippen molar-refractivity contribution < 1.29 is 19.1 Å². The van der Waals surface area contributed by atoms with Gasteiger partial charge in [-0.15, -0.1) is 0 Å². The normalized spacial score (nSPS) is 14.5. The van der Waals surface area contributed by atoms with Crippen LogP contribution in [0.25, 0.3) is 0 Å². The van der Waals surface area contributed by atoms with Gasteiger partial charge in [0.1, 0.15) is 5.75 Å². The summed E-state index contributed by atoms with van der Waals surface area (Å²) in [6.07, 6.45) is 1.89. The fourth-order valence-electron chi connectivity index (χ4n) is 3.71. The van der Waals surface area contributed by atoms with Gasteiger partial charge in [0.05, 0.1) is 12.3 Å². The highest BCUT2D eigenvalue weighted by molar-refractivity contribution is 6.43. The summed E-state index contributed by atoms with van der Waals surface area (Å²) in [5.74, 6) is -0.625. The van der Waals surface area contributed by atoms with Crippen LogP contribution in [0.2, 0.25) is 0 Å². The van der Waals surface area contributed by atoms with Crippen LogP contribution in [0, 0.1) is 0 Å². The maximum Gasteiger partial charge on any atom is 0.314 e. The number of amides is 3. The smallest absolute Gasteiger partial charge is 0.314 e. The lowest BCUT2D eigenvalue weighted by Crippen LogP contribution is -2.33. The maximum absolute atomic E-state index is 12.3. The number of carbonyl (C=O) groups excluding carboxylic acids is 3. The van der Waals surface area contributed by atoms with E-state index in [1.807, 2.05) is 24.0 Å². The van der Waals surface area contributed by atoms with E-state index in [9.17, 15) is 14.4 Å². The number of nitrogens with zero attached hydrogens (tertiary/aromatic N) is 1. The van der Waals surface area contributed by atoms with E-state index in [4.69, 9.17) is 4.74 Å². The highest BCUT2D eigenvalue weighted by Crippen LogP contribution is 2.38. The van der Waals surface area contributed by atoms with Crippen molar-refractivity contribution in [2.24, 2.45) is 0 Å². The van der Waals surface area contributed by atoms with E-state index in [0.717, 1.165) is 23.2 Å². The first-order valence-corrected chi connectivity index (χ1v) is 9.36. The van der Waals surface area contributed by atoms with Crippen molar-refractivity contribution in [1.82, 2.24) is 0 Å². The van der Waals surface area contributed by atoms with Crippen LogP contribution in [0.4, 0.5) is 17.1 Å². The fourth-order valence-corrected chi connectivity index (χ4v) is 3.71. The van der Waals surface area contributed by atoms with Gasteiger partial charge < -0.3 is 20.3 Å². The summed E-state index contributed by atoms with van der Waals surface area (Å²) in [4.78, 5) is 38.3. The van der Waals surface area contributed by atoms with Crippen LogP contribution >= 0.6 is 0 Å². The molecule has 3 amide bonds. The zero-order valence-electron chi connectivity index (χ0n) is 15.6. The van der Waals surface area contributed by atoms with Crippen LogP contribution in [0.1, 0.15) is 24.5 Å². The molecule has 2 heterocycles. The monoisotopic (exact) mass is 379 g/mol. The molecule has 0 aliphatic carbocycles. The van der Waals surface area contributed by atoms with Gasteiger partial charge in [0.25, 0.3) is 0 Å². The predicted molar refractivity (Wildman–Crippen MR) is 106 cm³/mol. The standard InChI is InChI=1S/C21H21N3O4/c1-2-28-17-6-4-15(5-7-17)22-20(26)21(27)23-16-11-13-3-8-18(25)24-10-9-14(12-16)19(13)24/h4-7,11-12H,2-3,8-10H2,1H3,(H,22,26)(H,23,27). The van der Waals surface area contributed by atoms with E-state index in [1.165, 1.54) is 0 Å². The predicted octanol–water partition coefficient (Wildman–Crippen LogP) is 2.50. The van der Waals surface area contributed by atoms with Gasteiger partial charge in [0.2, 0.25) is 5.91 Å². The number of benzene rings is 2. The molecule has 2 aromatic rings. The first kappa shape index (κ1) is 18.0. The van der Waals surface area contributed by atoms with Crippen molar-refractivity contribution >= 4 is 34.8 Å². The van der Waals surface area contributed by atoms with Crippen LogP contribution in [-0.2, 0) is 27.2 Å². The van der Waals surface area contributed by atoms with E-state index >= 15 is 0 Å². The number of anilines is 3. The molecule has 144 valence electrons. The minimum atomic E-state index is -0.741. The molecule has 2 aliphatic heterocycles. The van der Waals surface area contributed by atoms with E-state index in [1.54, 1.807) is 24.3 Å². The van der Waals surface area contributed by atoms with Gasteiger partial charge in [-0.05, 0) is 67.3 Å². The number of rotatable bonds is 4. The van der Waals surface area contributed by atoms with E-state index < -0.39 is 11.8 Å². The number of carbonyl (C=O) groups is 3. The Hall–Kier alpha value is -3.35. The summed E-state index contributed by atoms with van der Waals surface area (Å²) in [5, 5.41) is 5.25. The van der Waals surface area contributed by atoms with Crippen LogP contribution in [0.3, 0.4) is 0 Å². The summed E-state index contributed by atoms with van der Waals surface area (Å²) in [7, 11) is 0. The lowest BCUT2D eigenvalue weighted by atomic mass is 9.98. The van der Waals surface area contributed by atoms with E-state index in [2.05, 4.69) is 10.6 Å². The molecule has 2 aliphatic rings. The molecule has 2 N–H and O–H groups in total. The Balaban J connectivity index is 1.44. The van der Waals surface area contributed by atoms with Crippen LogP contribution in [0.5, 0.6) is 5.75 Å². The van der Waals surface area contributed by atoms with Crippen molar-refractivity contribution in [1.29, 1.82) is 0 Å². The molecule has 7 nitrogen and oxygen atoms in total. The molecule has 0 unspecified atom stereocenters. The molecule has 0 atom stereocenters. The molecular weight excluding hydrogens is 358 g/mol. The molecule has 7 heteroatoms. The highest BCUT2D eigenvalue weighted by Gasteiger charge is 2.31. The first-order chi connectivity index (χ1) is 13.5. The zero-order valence-corrected chi connectivity index (χ0v) is 15.6. The number of hydrogen-bond acceptors (Lipinski definition) is 4. The number of aryl methyl sites for hydroxylation is 1. The van der Waals surface area contributed by atoms with Gasteiger partial charge in [0.15, 0.2) is 0 Å². The van der Waals surface area contributed by atoms with Gasteiger partial charge in [0, 0.05) is 24.3 Å². The molecule has 0 aromatic heterocycles. The van der Waals surface area contributed by atoms with Gasteiger partial charge >= 0.3 is 11.8 Å². The molecule has 0 bridgehead atoms. The lowest BCUT2D eigenvalue weighted by molar-refractivity contribution is -0.132. The van der Waals surface area contributed by atoms with Crippen molar-refractivity contribution in [2.45, 2.75) is 26.2 Å². The molecule has 0 spiro atoms. The second kappa shape index (κ2) is 7.34. The molecule has 0 saturated heterocycles. The highest BCUT2D eigenvalue weighted by atomic mass is 16.5. The third-order valence-corrected chi connectivity index (χ3v) is 4.94. The lowest BCUT2D eigenvalue weighted by Gasteiger charge is -2.25. The Morgan fingerprint density at radius 3 is 2.29 bits per heavy atom. The van der Waals surface area contributed by atoms with Crippen LogP contribution in [-0.4, -0.2) is 30.9 Å². The average molecular weight is 379 g/mol. The molecule has 0 fully saturated rings. The summed E-state index contributed by atoms with van der Waals surface area (Å²) in [6, 6.07) is 10.5. The van der Waals surface area contributed by atoms with Crippen molar-refractivity contribution in [3.8, 4) is 5.75 Å². The largest absolute Gasteiger partial charge is 0.494 e. The maximum atomic E-state index is 12.3. The molecule has 0 saturated carbocycles. The van der Waals surface area contributed by atoms with Crippen molar-refractivity contribution in [2.75, 3.05) is 28.7 Å². The third-order valence-electron chi connectivity index (χ3n) is 4.94. The number of hydrogen-bond donors (Lipinski definition) is 2. The minimum absolute atomic E-state index is 0.151. The van der Waals surface area contributed by atoms with Gasteiger partial charge in [-0.3, -0.25) is 14.4 Å². The molecule has 4 rings (SSSR count). The van der Waals surface area contributed by atoms with E-state index in [-0.39, 0.29) is 5.91 Å². The zero-order chi connectivity index (χ0) is 19.7. The second-order valence-corrected chi connectivity index (χ2v) is 6.80. The third kappa shape index (κ3) is 3.43. The van der Waals surface area contributed by atoms with Crippen LogP contribution < -0.4 is 20.3 Å². The first-order valence-electron chi connectivity index (χ1n) is 9.36. The van der Waals surface area contributed by atoms with E-state index in [0.29, 0.717) is 43.1 Å². The second-order valence-electron chi connectivity index (χ2n) is 6.80.